The number of hydrogen-bond acceptors (Lipinski definition) is 8. The van der Waals surface area contributed by atoms with Gasteiger partial charge in [-0.05, 0) is 10.8 Å². The molecular weight excluding hydrogens is 315 g/mol. The van der Waals surface area contributed by atoms with Gasteiger partial charge in [0.15, 0.2) is 0 Å². The first-order chi connectivity index (χ1) is 10.4. The van der Waals surface area contributed by atoms with E-state index in [9.17, 15) is 14.2 Å². The Labute approximate surface area is 126 Å². The van der Waals surface area contributed by atoms with Gasteiger partial charge in [0, 0.05) is 0 Å². The second-order valence-corrected chi connectivity index (χ2v) is 5.85. The number of benzene rings is 1. The van der Waals surface area contributed by atoms with Crippen LogP contribution in [0.4, 0.5) is 0 Å². The van der Waals surface area contributed by atoms with E-state index in [1.165, 1.54) is 14.2 Å². The van der Waals surface area contributed by atoms with Crippen LogP contribution in [0, 0.1) is 0 Å². The molecule has 1 aliphatic rings. The lowest BCUT2D eigenvalue weighted by atomic mass is 9.87. The lowest BCUT2D eigenvalue weighted by Crippen LogP contribution is -2.52. The number of hydrogen-bond donors (Lipinski definition) is 1. The van der Waals surface area contributed by atoms with Crippen LogP contribution in [-0.4, -0.2) is 31.4 Å². The molecule has 0 radical (unpaired) electrons. The predicted molar refractivity (Wildman–Crippen MR) is 72.6 cm³/mol. The molecule has 1 unspecified atom stereocenters. The van der Waals surface area contributed by atoms with Crippen LogP contribution in [0.15, 0.2) is 30.3 Å². The fraction of sp³-hybridized carbons (Fsp3) is 0.333. The molecule has 2 atom stereocenters. The van der Waals surface area contributed by atoms with E-state index >= 15 is 0 Å². The van der Waals surface area contributed by atoms with Crippen LogP contribution in [0.3, 0.4) is 0 Å². The van der Waals surface area contributed by atoms with Crippen LogP contribution in [0.25, 0.3) is 0 Å². The van der Waals surface area contributed by atoms with Crippen molar-refractivity contribution in [3.63, 3.8) is 0 Å². The van der Waals surface area contributed by atoms with E-state index in [1.807, 2.05) is 0 Å². The first-order valence-corrected chi connectivity index (χ1v) is 7.76. The Bertz CT molecular complexity index is 619. The highest BCUT2D eigenvalue weighted by molar-refractivity contribution is 7.52. The summed E-state index contributed by atoms with van der Waals surface area (Å²) in [5.74, 6) is -2.07. The van der Waals surface area contributed by atoms with Crippen molar-refractivity contribution in [2.45, 2.75) is 12.0 Å². The molecule has 120 valence electrons. The van der Waals surface area contributed by atoms with Gasteiger partial charge >= 0.3 is 19.7 Å². The zero-order chi connectivity index (χ0) is 16.4. The van der Waals surface area contributed by atoms with Gasteiger partial charge in [-0.3, -0.25) is 14.5 Å². The molecule has 1 fully saturated rings. The second kappa shape index (κ2) is 6.15. The fourth-order valence-corrected chi connectivity index (χ4v) is 3.00. The summed E-state index contributed by atoms with van der Waals surface area (Å²) in [4.78, 5) is 34.5. The molecule has 1 aromatic rings. The molecule has 2 rings (SSSR count). The van der Waals surface area contributed by atoms with Crippen molar-refractivity contribution in [1.82, 2.24) is 5.23 Å². The number of nitrogens with zero attached hydrogens (tertiary/aromatic N) is 1. The van der Waals surface area contributed by atoms with E-state index in [4.69, 9.17) is 15.2 Å². The normalized spacial score (nSPS) is 28.9. The van der Waals surface area contributed by atoms with Crippen LogP contribution in [0.5, 0.6) is 0 Å². The third-order valence-corrected chi connectivity index (χ3v) is 3.95. The highest BCUT2D eigenvalue weighted by atomic mass is 31.2. The predicted octanol–water partition coefficient (Wildman–Crippen LogP) is 0.864. The number of rotatable bonds is 4. The Balaban J connectivity index is 2.64. The Morgan fingerprint density at radius 1 is 1.18 bits per heavy atom. The molecule has 1 aromatic carbocycles. The Hall–Kier alpha value is -1.77. The van der Waals surface area contributed by atoms with Gasteiger partial charge in [-0.25, -0.2) is 14.9 Å². The maximum Gasteiger partial charge on any atom is 0.514 e. The highest BCUT2D eigenvalue weighted by Gasteiger charge is 2.56. The second-order valence-electron chi connectivity index (χ2n) is 4.41. The van der Waals surface area contributed by atoms with Crippen LogP contribution in [0.1, 0.15) is 12.0 Å². The van der Waals surface area contributed by atoms with E-state index in [0.717, 1.165) is 5.23 Å². The summed E-state index contributed by atoms with van der Waals surface area (Å²) in [5.41, 5.74) is 3.69. The van der Waals surface area contributed by atoms with Crippen LogP contribution < -0.4 is 5.50 Å². The zero-order valence-electron chi connectivity index (χ0n) is 11.9. The maximum atomic E-state index is 12.5. The van der Waals surface area contributed by atoms with Gasteiger partial charge in [0.25, 0.3) is 0 Å². The van der Waals surface area contributed by atoms with Crippen molar-refractivity contribution >= 4 is 19.7 Å². The van der Waals surface area contributed by atoms with E-state index < -0.39 is 31.6 Å². The van der Waals surface area contributed by atoms with Crippen molar-refractivity contribution < 1.29 is 32.9 Å². The summed E-state index contributed by atoms with van der Waals surface area (Å²) in [6.45, 7) is 0. The quantitative estimate of drug-likeness (QED) is 0.633. The van der Waals surface area contributed by atoms with E-state index in [0.29, 0.717) is 5.56 Å². The summed E-state index contributed by atoms with van der Waals surface area (Å²) in [7, 11) is -1.87. The standard InChI is InChI=1S/C12H15N2O7P/c1-18-14(19-2)12(9-6-4-3-5-7-9)8-10(15)20-22(13,17)21-11(12)16/h3-7H,8H2,1-2H3,(H2,13,17)/t12-,22?/m0/s1. The van der Waals surface area contributed by atoms with E-state index in [-0.39, 0.29) is 0 Å². The Kier molecular flexibility index (Phi) is 4.64. The average molecular weight is 330 g/mol. The molecular formula is C12H15N2O7P. The smallest absolute Gasteiger partial charge is 0.371 e. The summed E-state index contributed by atoms with van der Waals surface area (Å²) in [6.07, 6.45) is -0.557. The van der Waals surface area contributed by atoms with Gasteiger partial charge in [-0.1, -0.05) is 30.3 Å². The van der Waals surface area contributed by atoms with Crippen molar-refractivity contribution in [2.24, 2.45) is 5.50 Å². The third kappa shape index (κ3) is 2.90. The number of carbonyl (C=O) groups is 2. The first-order valence-electron chi connectivity index (χ1n) is 6.15. The monoisotopic (exact) mass is 330 g/mol. The lowest BCUT2D eigenvalue weighted by Gasteiger charge is -2.35. The lowest BCUT2D eigenvalue weighted by molar-refractivity contribution is -0.389. The number of nitrogens with two attached hydrogens (primary N) is 1. The Morgan fingerprint density at radius 3 is 2.32 bits per heavy atom. The minimum absolute atomic E-state index is 0.322. The van der Waals surface area contributed by atoms with Crippen LogP contribution in [-0.2, 0) is 38.4 Å². The fourth-order valence-electron chi connectivity index (χ4n) is 2.23. The Morgan fingerprint density at radius 2 is 1.77 bits per heavy atom. The van der Waals surface area contributed by atoms with Crippen molar-refractivity contribution in [1.29, 1.82) is 0 Å². The summed E-state index contributed by atoms with van der Waals surface area (Å²) < 4.78 is 21.0. The zero-order valence-corrected chi connectivity index (χ0v) is 12.8. The molecule has 1 heterocycles. The molecule has 0 aliphatic carbocycles. The van der Waals surface area contributed by atoms with Gasteiger partial charge in [0.2, 0.25) is 5.54 Å². The molecule has 0 bridgehead atoms. The number of hydroxylamine groups is 2. The van der Waals surface area contributed by atoms with Crippen molar-refractivity contribution in [3.05, 3.63) is 35.9 Å². The van der Waals surface area contributed by atoms with Gasteiger partial charge in [-0.2, -0.15) is 0 Å². The van der Waals surface area contributed by atoms with Gasteiger partial charge in [-0.15, -0.1) is 0 Å². The molecule has 0 spiro atoms. The summed E-state index contributed by atoms with van der Waals surface area (Å²) in [6, 6.07) is 8.13. The molecule has 22 heavy (non-hydrogen) atoms. The summed E-state index contributed by atoms with van der Waals surface area (Å²) >= 11 is 0. The molecule has 1 saturated heterocycles. The molecule has 10 heteroatoms. The van der Waals surface area contributed by atoms with Crippen LogP contribution >= 0.6 is 7.75 Å². The largest absolute Gasteiger partial charge is 0.514 e. The topological polar surface area (TPSA) is 117 Å². The van der Waals surface area contributed by atoms with Gasteiger partial charge < -0.3 is 9.05 Å². The van der Waals surface area contributed by atoms with Crippen LogP contribution in [0.2, 0.25) is 0 Å². The molecule has 1 aliphatic heterocycles. The SMILES string of the molecule is CON(OC)[C@]1(c2ccccc2)CC(=O)OP(N)(=O)OC1=O. The first kappa shape index (κ1) is 16.6. The molecule has 0 aromatic heterocycles. The third-order valence-electron chi connectivity index (χ3n) is 3.07. The van der Waals surface area contributed by atoms with E-state index in [1.54, 1.807) is 30.3 Å². The van der Waals surface area contributed by atoms with Gasteiger partial charge in [0.05, 0.1) is 20.6 Å². The maximum absolute atomic E-state index is 12.5. The molecule has 9 nitrogen and oxygen atoms in total. The molecule has 0 saturated carbocycles. The average Bonchev–Trinajstić information content (AvgIpc) is 2.55. The number of carbonyl (C=O) groups excluding carboxylic acids is 2. The van der Waals surface area contributed by atoms with Gasteiger partial charge in [0.1, 0.15) is 0 Å². The minimum atomic E-state index is -4.34. The molecule has 0 amide bonds. The minimum Gasteiger partial charge on any atom is -0.371 e. The summed E-state index contributed by atoms with van der Waals surface area (Å²) in [5, 5.41) is 0.775. The van der Waals surface area contributed by atoms with Crippen molar-refractivity contribution in [2.75, 3.05) is 14.2 Å². The van der Waals surface area contributed by atoms with Crippen molar-refractivity contribution in [3.8, 4) is 0 Å². The molecule has 2 N–H and O–H groups in total. The highest BCUT2D eigenvalue weighted by Crippen LogP contribution is 2.48. The van der Waals surface area contributed by atoms with E-state index in [2.05, 4.69) is 9.05 Å².